The zero-order chi connectivity index (χ0) is 14.6. The number of hydrogen-bond donors (Lipinski definition) is 2. The molecule has 0 aromatic carbocycles. The summed E-state index contributed by atoms with van der Waals surface area (Å²) in [7, 11) is -3.65. The van der Waals surface area contributed by atoms with Crippen LogP contribution in [-0.2, 0) is 23.1 Å². The maximum Gasteiger partial charge on any atom is 0.244 e. The van der Waals surface area contributed by atoms with Gasteiger partial charge in [-0.1, -0.05) is 0 Å². The first-order valence-electron chi connectivity index (χ1n) is 5.92. The van der Waals surface area contributed by atoms with Crippen LogP contribution in [0.3, 0.4) is 0 Å². The summed E-state index contributed by atoms with van der Waals surface area (Å²) >= 11 is 0. The van der Waals surface area contributed by atoms with Crippen molar-refractivity contribution in [1.82, 2.24) is 24.5 Å². The second-order valence-corrected chi connectivity index (χ2v) is 5.90. The van der Waals surface area contributed by atoms with Crippen LogP contribution < -0.4 is 4.72 Å². The summed E-state index contributed by atoms with van der Waals surface area (Å²) in [6.45, 7) is 2.00. The third-order valence-electron chi connectivity index (χ3n) is 2.53. The van der Waals surface area contributed by atoms with E-state index < -0.39 is 10.0 Å². The minimum Gasteiger partial charge on any atom is -0.394 e. The number of hydrogen-bond acceptors (Lipinski definition) is 6. The topological polar surface area (TPSA) is 110 Å². The summed E-state index contributed by atoms with van der Waals surface area (Å²) in [6.07, 6.45) is 5.69. The largest absolute Gasteiger partial charge is 0.394 e. The first kappa shape index (κ1) is 14.6. The van der Waals surface area contributed by atoms with Crippen LogP contribution in [0, 0.1) is 6.92 Å². The van der Waals surface area contributed by atoms with Crippen molar-refractivity contribution < 1.29 is 13.5 Å². The van der Waals surface area contributed by atoms with E-state index in [1.54, 1.807) is 13.1 Å². The normalized spacial score (nSPS) is 11.7. The Balaban J connectivity index is 2.04. The average molecular weight is 297 g/mol. The molecule has 108 valence electrons. The molecule has 2 heterocycles. The highest BCUT2D eigenvalue weighted by Gasteiger charge is 2.16. The Bertz CT molecular complexity index is 666. The van der Waals surface area contributed by atoms with Crippen LogP contribution in [0.4, 0.5) is 0 Å². The van der Waals surface area contributed by atoms with E-state index in [2.05, 4.69) is 19.8 Å². The molecule has 20 heavy (non-hydrogen) atoms. The molecular formula is C11H15N5O3S. The first-order chi connectivity index (χ1) is 9.51. The number of aryl methyl sites for hydroxylation is 1. The highest BCUT2D eigenvalue weighted by atomic mass is 32.2. The van der Waals surface area contributed by atoms with Gasteiger partial charge in [0, 0.05) is 12.4 Å². The first-order valence-corrected chi connectivity index (χ1v) is 7.40. The fraction of sp³-hybridized carbons (Fsp3) is 0.364. The Labute approximate surface area is 116 Å². The van der Waals surface area contributed by atoms with Crippen molar-refractivity contribution in [3.8, 4) is 0 Å². The van der Waals surface area contributed by atoms with Crippen LogP contribution in [0.5, 0.6) is 0 Å². The van der Waals surface area contributed by atoms with Crippen LogP contribution >= 0.6 is 0 Å². The van der Waals surface area contributed by atoms with E-state index in [9.17, 15) is 8.42 Å². The molecule has 0 aliphatic heterocycles. The molecule has 9 heteroatoms. The molecule has 2 aromatic rings. The standard InChI is InChI=1S/C11H15N5O3S/c1-9-4-13-10(5-12-9)6-15-20(18,19)11-7-14-16(8-11)2-3-17/h4-5,7-8,15,17H,2-3,6H2,1H3. The second-order valence-electron chi connectivity index (χ2n) is 4.14. The van der Waals surface area contributed by atoms with E-state index in [0.29, 0.717) is 5.69 Å². The van der Waals surface area contributed by atoms with Gasteiger partial charge in [0.15, 0.2) is 0 Å². The molecule has 0 unspecified atom stereocenters. The molecule has 0 spiro atoms. The lowest BCUT2D eigenvalue weighted by molar-refractivity contribution is 0.269. The number of nitrogens with zero attached hydrogens (tertiary/aromatic N) is 4. The van der Waals surface area contributed by atoms with Gasteiger partial charge in [-0.25, -0.2) is 13.1 Å². The van der Waals surface area contributed by atoms with Gasteiger partial charge in [0.1, 0.15) is 4.90 Å². The van der Waals surface area contributed by atoms with Crippen molar-refractivity contribution >= 4 is 10.0 Å². The summed E-state index contributed by atoms with van der Waals surface area (Å²) in [5.74, 6) is 0. The van der Waals surface area contributed by atoms with Crippen LogP contribution in [0.25, 0.3) is 0 Å². The van der Waals surface area contributed by atoms with E-state index in [4.69, 9.17) is 5.11 Å². The average Bonchev–Trinajstić information content (AvgIpc) is 2.88. The lowest BCUT2D eigenvalue weighted by Gasteiger charge is -2.04. The molecule has 0 saturated carbocycles. The summed E-state index contributed by atoms with van der Waals surface area (Å²) in [5, 5.41) is 12.6. The number of aliphatic hydroxyl groups is 1. The molecule has 0 bridgehead atoms. The molecule has 0 amide bonds. The van der Waals surface area contributed by atoms with Crippen molar-refractivity contribution in [2.45, 2.75) is 24.9 Å². The fourth-order valence-electron chi connectivity index (χ4n) is 1.47. The lowest BCUT2D eigenvalue weighted by Crippen LogP contribution is -2.23. The third kappa shape index (κ3) is 3.59. The Morgan fingerprint density at radius 1 is 1.30 bits per heavy atom. The van der Waals surface area contributed by atoms with Crippen LogP contribution in [0.1, 0.15) is 11.4 Å². The zero-order valence-electron chi connectivity index (χ0n) is 10.9. The Hall–Kier alpha value is -1.84. The maximum absolute atomic E-state index is 12.0. The van der Waals surface area contributed by atoms with Gasteiger partial charge in [-0.3, -0.25) is 14.6 Å². The highest BCUT2D eigenvalue weighted by molar-refractivity contribution is 7.89. The van der Waals surface area contributed by atoms with E-state index in [-0.39, 0.29) is 24.6 Å². The molecule has 0 aliphatic carbocycles. The Kier molecular flexibility index (Phi) is 4.42. The lowest BCUT2D eigenvalue weighted by atomic mass is 10.4. The minimum atomic E-state index is -3.65. The van der Waals surface area contributed by atoms with Crippen LogP contribution in [0.15, 0.2) is 29.7 Å². The van der Waals surface area contributed by atoms with E-state index in [1.165, 1.54) is 23.3 Å². The predicted molar refractivity (Wildman–Crippen MR) is 70.1 cm³/mol. The van der Waals surface area contributed by atoms with E-state index >= 15 is 0 Å². The van der Waals surface area contributed by atoms with Gasteiger partial charge in [-0.05, 0) is 6.92 Å². The molecule has 0 fully saturated rings. The number of sulfonamides is 1. The highest BCUT2D eigenvalue weighted by Crippen LogP contribution is 2.07. The van der Waals surface area contributed by atoms with E-state index in [0.717, 1.165) is 5.69 Å². The second kappa shape index (κ2) is 6.07. The molecule has 8 nitrogen and oxygen atoms in total. The number of rotatable bonds is 6. The zero-order valence-corrected chi connectivity index (χ0v) is 11.7. The van der Waals surface area contributed by atoms with Gasteiger partial charge in [-0.15, -0.1) is 0 Å². The molecule has 0 saturated heterocycles. The molecule has 2 aromatic heterocycles. The van der Waals surface area contributed by atoms with Gasteiger partial charge in [0.05, 0.1) is 43.5 Å². The number of aliphatic hydroxyl groups excluding tert-OH is 1. The summed E-state index contributed by atoms with van der Waals surface area (Å²) < 4.78 is 27.8. The molecule has 0 radical (unpaired) electrons. The van der Waals surface area contributed by atoms with Crippen molar-refractivity contribution in [2.75, 3.05) is 6.61 Å². The smallest absolute Gasteiger partial charge is 0.244 e. The van der Waals surface area contributed by atoms with Gasteiger partial charge < -0.3 is 5.11 Å². The van der Waals surface area contributed by atoms with Gasteiger partial charge in [0.25, 0.3) is 0 Å². The number of nitrogens with one attached hydrogen (secondary N) is 1. The molecule has 2 rings (SSSR count). The van der Waals surface area contributed by atoms with Gasteiger partial charge >= 0.3 is 0 Å². The maximum atomic E-state index is 12.0. The molecular weight excluding hydrogens is 282 g/mol. The monoisotopic (exact) mass is 297 g/mol. The van der Waals surface area contributed by atoms with E-state index in [1.807, 2.05) is 0 Å². The third-order valence-corrected chi connectivity index (χ3v) is 3.88. The van der Waals surface area contributed by atoms with Crippen molar-refractivity contribution in [2.24, 2.45) is 0 Å². The molecule has 0 atom stereocenters. The quantitative estimate of drug-likeness (QED) is 0.740. The number of aromatic nitrogens is 4. The SMILES string of the molecule is Cc1cnc(CNS(=O)(=O)c2cnn(CCO)c2)cn1. The van der Waals surface area contributed by atoms with Crippen LogP contribution in [0.2, 0.25) is 0 Å². The van der Waals surface area contributed by atoms with Crippen molar-refractivity contribution in [3.63, 3.8) is 0 Å². The fourth-order valence-corrected chi connectivity index (χ4v) is 2.42. The predicted octanol–water partition coefficient (Wildman–Crippen LogP) is -0.548. The Morgan fingerprint density at radius 2 is 2.10 bits per heavy atom. The van der Waals surface area contributed by atoms with Crippen molar-refractivity contribution in [1.29, 1.82) is 0 Å². The molecule has 2 N–H and O–H groups in total. The summed E-state index contributed by atoms with van der Waals surface area (Å²) in [4.78, 5) is 8.15. The van der Waals surface area contributed by atoms with Gasteiger partial charge in [-0.2, -0.15) is 5.10 Å². The van der Waals surface area contributed by atoms with Crippen molar-refractivity contribution in [3.05, 3.63) is 36.2 Å². The van der Waals surface area contributed by atoms with Gasteiger partial charge in [0.2, 0.25) is 10.0 Å². The Morgan fingerprint density at radius 3 is 2.75 bits per heavy atom. The summed E-state index contributed by atoms with van der Waals surface area (Å²) in [6, 6.07) is 0. The summed E-state index contributed by atoms with van der Waals surface area (Å²) in [5.41, 5.74) is 1.30. The minimum absolute atomic E-state index is 0.0472. The molecule has 0 aliphatic rings. The van der Waals surface area contributed by atoms with Crippen LogP contribution in [-0.4, -0.2) is 39.9 Å².